The Bertz CT molecular complexity index is 922. The van der Waals surface area contributed by atoms with Gasteiger partial charge in [-0.05, 0) is 36.8 Å². The molecule has 0 N–H and O–H groups in total. The molecule has 0 radical (unpaired) electrons. The van der Waals surface area contributed by atoms with Gasteiger partial charge in [-0.3, -0.25) is 4.79 Å². The van der Waals surface area contributed by atoms with E-state index in [1.807, 2.05) is 37.3 Å². The van der Waals surface area contributed by atoms with Crippen molar-refractivity contribution in [3.63, 3.8) is 0 Å². The van der Waals surface area contributed by atoms with Crippen molar-refractivity contribution >= 4 is 17.6 Å². The Morgan fingerprint density at radius 3 is 2.31 bits per heavy atom. The maximum Gasteiger partial charge on any atom is 0.332 e. The number of amides is 3. The van der Waals surface area contributed by atoms with Gasteiger partial charge in [0.05, 0.1) is 29.8 Å². The number of aromatic nitrogens is 3. The number of nitrogens with zero attached hydrogens (tertiary/aromatic N) is 5. The lowest BCUT2D eigenvalue weighted by Crippen LogP contribution is -2.34. The van der Waals surface area contributed by atoms with Crippen molar-refractivity contribution in [3.05, 3.63) is 72.6 Å². The number of hydrogen-bond donors (Lipinski definition) is 0. The molecule has 7 heteroatoms. The first-order valence-electron chi connectivity index (χ1n) is 8.30. The molecule has 1 saturated heterocycles. The molecule has 2 heterocycles. The molecule has 7 nitrogen and oxygen atoms in total. The molecule has 2 aromatic carbocycles. The minimum atomic E-state index is -0.306. The third-order valence-electron chi connectivity index (χ3n) is 4.54. The highest BCUT2D eigenvalue weighted by Gasteiger charge is 2.39. The number of hydrogen-bond acceptors (Lipinski definition) is 4. The first kappa shape index (κ1) is 16.0. The number of imide groups is 1. The molecule has 1 aliphatic rings. The number of carbonyl (C=O) groups is 2. The Balaban J connectivity index is 1.58. The van der Waals surface area contributed by atoms with Gasteiger partial charge in [-0.2, -0.15) is 0 Å². The molecule has 0 saturated carbocycles. The molecule has 26 heavy (non-hydrogen) atoms. The largest absolute Gasteiger partial charge is 0.332 e. The van der Waals surface area contributed by atoms with Gasteiger partial charge in [-0.1, -0.05) is 35.5 Å². The van der Waals surface area contributed by atoms with Crippen LogP contribution in [-0.2, 0) is 4.79 Å². The van der Waals surface area contributed by atoms with Crippen molar-refractivity contribution in [2.75, 3.05) is 11.4 Å². The summed E-state index contributed by atoms with van der Waals surface area (Å²) in [5, 5.41) is 7.69. The van der Waals surface area contributed by atoms with Gasteiger partial charge in [0.15, 0.2) is 0 Å². The van der Waals surface area contributed by atoms with E-state index < -0.39 is 0 Å². The Labute approximate surface area is 150 Å². The van der Waals surface area contributed by atoms with Crippen molar-refractivity contribution in [2.24, 2.45) is 0 Å². The Morgan fingerprint density at radius 2 is 1.65 bits per heavy atom. The SMILES string of the molecule is C[C@H](c1ccccc1)N1CC(=O)N(c2ccc(-n3ccnn3)cc2)C1=O. The van der Waals surface area contributed by atoms with Crippen LogP contribution in [0.2, 0.25) is 0 Å². The summed E-state index contributed by atoms with van der Waals surface area (Å²) in [6.07, 6.45) is 3.31. The predicted molar refractivity (Wildman–Crippen MR) is 95.8 cm³/mol. The van der Waals surface area contributed by atoms with Gasteiger partial charge in [0.1, 0.15) is 6.54 Å². The van der Waals surface area contributed by atoms with Crippen LogP contribution in [0, 0.1) is 0 Å². The first-order valence-corrected chi connectivity index (χ1v) is 8.30. The van der Waals surface area contributed by atoms with Gasteiger partial charge in [0.2, 0.25) is 0 Å². The van der Waals surface area contributed by atoms with Gasteiger partial charge < -0.3 is 4.90 Å². The van der Waals surface area contributed by atoms with Crippen LogP contribution in [0.4, 0.5) is 10.5 Å². The average Bonchev–Trinajstić information content (AvgIpc) is 3.30. The molecule has 4 rings (SSSR count). The zero-order valence-corrected chi connectivity index (χ0v) is 14.2. The van der Waals surface area contributed by atoms with E-state index in [4.69, 9.17) is 0 Å². The van der Waals surface area contributed by atoms with Crippen molar-refractivity contribution < 1.29 is 9.59 Å². The highest BCUT2D eigenvalue weighted by atomic mass is 16.2. The smallest absolute Gasteiger partial charge is 0.308 e. The fraction of sp³-hybridized carbons (Fsp3) is 0.158. The fourth-order valence-electron chi connectivity index (χ4n) is 3.09. The molecule has 130 valence electrons. The summed E-state index contributed by atoms with van der Waals surface area (Å²) in [4.78, 5) is 28.1. The van der Waals surface area contributed by atoms with Crippen LogP contribution in [0.25, 0.3) is 5.69 Å². The summed E-state index contributed by atoms with van der Waals surface area (Å²) < 4.78 is 1.61. The minimum Gasteiger partial charge on any atom is -0.308 e. The van der Waals surface area contributed by atoms with Gasteiger partial charge >= 0.3 is 6.03 Å². The van der Waals surface area contributed by atoms with Crippen LogP contribution in [-0.4, -0.2) is 38.4 Å². The fourth-order valence-corrected chi connectivity index (χ4v) is 3.09. The van der Waals surface area contributed by atoms with Crippen LogP contribution in [0.1, 0.15) is 18.5 Å². The van der Waals surface area contributed by atoms with Crippen molar-refractivity contribution in [2.45, 2.75) is 13.0 Å². The maximum atomic E-state index is 12.8. The molecule has 0 spiro atoms. The molecular weight excluding hydrogens is 330 g/mol. The lowest BCUT2D eigenvalue weighted by Gasteiger charge is -2.24. The van der Waals surface area contributed by atoms with Crippen molar-refractivity contribution in [1.82, 2.24) is 19.9 Å². The highest BCUT2D eigenvalue weighted by Crippen LogP contribution is 2.29. The van der Waals surface area contributed by atoms with E-state index in [0.717, 1.165) is 11.3 Å². The van der Waals surface area contributed by atoms with Crippen LogP contribution in [0.3, 0.4) is 0 Å². The lowest BCUT2D eigenvalue weighted by atomic mass is 10.1. The number of urea groups is 1. The third kappa shape index (κ3) is 2.73. The van der Waals surface area contributed by atoms with Crippen LogP contribution in [0.15, 0.2) is 67.0 Å². The van der Waals surface area contributed by atoms with E-state index in [2.05, 4.69) is 10.3 Å². The van der Waals surface area contributed by atoms with Gasteiger partial charge in [-0.15, -0.1) is 5.10 Å². The molecule has 0 unspecified atom stereocenters. The van der Waals surface area contributed by atoms with E-state index in [1.54, 1.807) is 46.2 Å². The van der Waals surface area contributed by atoms with Crippen LogP contribution >= 0.6 is 0 Å². The summed E-state index contributed by atoms with van der Waals surface area (Å²) in [7, 11) is 0. The van der Waals surface area contributed by atoms with Gasteiger partial charge in [0.25, 0.3) is 5.91 Å². The monoisotopic (exact) mass is 347 g/mol. The Hall–Kier alpha value is -3.48. The molecule has 0 aliphatic carbocycles. The van der Waals surface area contributed by atoms with E-state index >= 15 is 0 Å². The van der Waals surface area contributed by atoms with Crippen LogP contribution in [0.5, 0.6) is 0 Å². The zero-order valence-electron chi connectivity index (χ0n) is 14.2. The molecule has 1 atom stereocenters. The number of anilines is 1. The van der Waals surface area contributed by atoms with Gasteiger partial charge in [-0.25, -0.2) is 14.4 Å². The number of rotatable bonds is 4. The quantitative estimate of drug-likeness (QED) is 0.681. The summed E-state index contributed by atoms with van der Waals surface area (Å²) in [6.45, 7) is 2.00. The second-order valence-electron chi connectivity index (χ2n) is 6.09. The third-order valence-corrected chi connectivity index (χ3v) is 4.54. The van der Waals surface area contributed by atoms with Gasteiger partial charge in [0, 0.05) is 0 Å². The molecule has 1 fully saturated rings. The number of carbonyl (C=O) groups excluding carboxylic acids is 2. The predicted octanol–water partition coefficient (Wildman–Crippen LogP) is 2.80. The average molecular weight is 347 g/mol. The Morgan fingerprint density at radius 1 is 0.962 bits per heavy atom. The second kappa shape index (κ2) is 6.44. The van der Waals surface area contributed by atoms with E-state index in [9.17, 15) is 9.59 Å². The summed E-state index contributed by atoms with van der Waals surface area (Å²) in [6, 6.07) is 16.3. The normalized spacial score (nSPS) is 15.6. The molecule has 1 aliphatic heterocycles. The maximum absolute atomic E-state index is 12.8. The van der Waals surface area contributed by atoms with E-state index in [-0.39, 0.29) is 24.5 Å². The first-order chi connectivity index (χ1) is 12.6. The second-order valence-corrected chi connectivity index (χ2v) is 6.09. The molecule has 3 amide bonds. The summed E-state index contributed by atoms with van der Waals surface area (Å²) in [5.74, 6) is -0.230. The standard InChI is InChI=1S/C19H17N5O2/c1-14(15-5-3-2-4-6-15)22-13-18(25)24(19(22)26)17-9-7-16(8-10-17)23-12-11-20-21-23/h2-12,14H,13H2,1H3/t14-/m1/s1. The zero-order chi connectivity index (χ0) is 18.1. The highest BCUT2D eigenvalue weighted by molar-refractivity contribution is 6.19. The van der Waals surface area contributed by atoms with E-state index in [0.29, 0.717) is 5.69 Å². The molecule has 1 aromatic heterocycles. The van der Waals surface area contributed by atoms with Crippen LogP contribution < -0.4 is 4.90 Å². The van der Waals surface area contributed by atoms with Crippen molar-refractivity contribution in [3.8, 4) is 5.69 Å². The Kier molecular flexibility index (Phi) is 3.96. The topological polar surface area (TPSA) is 71.3 Å². The molecule has 0 bridgehead atoms. The number of benzene rings is 2. The molecule has 3 aromatic rings. The minimum absolute atomic E-state index is 0.0692. The van der Waals surface area contributed by atoms with Crippen molar-refractivity contribution in [1.29, 1.82) is 0 Å². The lowest BCUT2D eigenvalue weighted by molar-refractivity contribution is -0.116. The summed E-state index contributed by atoms with van der Waals surface area (Å²) >= 11 is 0. The van der Waals surface area contributed by atoms with E-state index in [1.165, 1.54) is 4.90 Å². The summed E-state index contributed by atoms with van der Waals surface area (Å²) in [5.41, 5.74) is 2.35. The molecular formula is C19H17N5O2.